The molecule has 0 amide bonds. The smallest absolute Gasteiger partial charge is 0.258 e. The first kappa shape index (κ1) is 14.8. The molecule has 2 heterocycles. The summed E-state index contributed by atoms with van der Waals surface area (Å²) in [4.78, 5) is 17.2. The molecule has 0 spiro atoms. The Morgan fingerprint density at radius 3 is 2.58 bits per heavy atom. The SMILES string of the molecule is N#CC1(Nc2nc(NC3CC3)nc(-n3cncn3)n2)CCCCC1. The van der Waals surface area contributed by atoms with Gasteiger partial charge < -0.3 is 10.6 Å². The van der Waals surface area contributed by atoms with Gasteiger partial charge in [0, 0.05) is 6.04 Å². The summed E-state index contributed by atoms with van der Waals surface area (Å²) >= 11 is 0. The lowest BCUT2D eigenvalue weighted by molar-refractivity contribution is 0.390. The van der Waals surface area contributed by atoms with Crippen LogP contribution in [-0.4, -0.2) is 41.3 Å². The zero-order valence-corrected chi connectivity index (χ0v) is 13.3. The van der Waals surface area contributed by atoms with Crippen LogP contribution in [-0.2, 0) is 0 Å². The molecule has 9 nitrogen and oxygen atoms in total. The van der Waals surface area contributed by atoms with Gasteiger partial charge in [0.05, 0.1) is 6.07 Å². The highest BCUT2D eigenvalue weighted by molar-refractivity contribution is 5.42. The minimum Gasteiger partial charge on any atom is -0.351 e. The maximum Gasteiger partial charge on any atom is 0.258 e. The number of nitriles is 1. The van der Waals surface area contributed by atoms with Gasteiger partial charge in [-0.15, -0.1) is 0 Å². The maximum atomic E-state index is 9.65. The first-order chi connectivity index (χ1) is 11.8. The second kappa shape index (κ2) is 6.03. The van der Waals surface area contributed by atoms with Crippen LogP contribution in [0.4, 0.5) is 11.9 Å². The molecule has 0 radical (unpaired) electrons. The van der Waals surface area contributed by atoms with Crippen LogP contribution >= 0.6 is 0 Å². The Kier molecular flexibility index (Phi) is 3.72. The van der Waals surface area contributed by atoms with E-state index in [0.29, 0.717) is 23.9 Å². The second-order valence-electron chi connectivity index (χ2n) is 6.42. The van der Waals surface area contributed by atoms with Crippen LogP contribution in [0.1, 0.15) is 44.9 Å². The molecule has 2 saturated carbocycles. The fourth-order valence-corrected chi connectivity index (χ4v) is 2.94. The van der Waals surface area contributed by atoms with Crippen molar-refractivity contribution in [3.63, 3.8) is 0 Å². The molecule has 0 atom stereocenters. The molecule has 0 aliphatic heterocycles. The number of hydrogen-bond donors (Lipinski definition) is 2. The lowest BCUT2D eigenvalue weighted by Gasteiger charge is -2.31. The zero-order chi connectivity index (χ0) is 16.4. The Hall–Kier alpha value is -2.76. The molecule has 2 aromatic heterocycles. The number of aromatic nitrogens is 6. The van der Waals surface area contributed by atoms with Crippen molar-refractivity contribution in [2.45, 2.75) is 56.5 Å². The Balaban J connectivity index is 1.65. The van der Waals surface area contributed by atoms with Gasteiger partial charge in [0.2, 0.25) is 11.9 Å². The minimum atomic E-state index is -0.601. The third-order valence-electron chi connectivity index (χ3n) is 4.43. The lowest BCUT2D eigenvalue weighted by atomic mass is 9.83. The second-order valence-corrected chi connectivity index (χ2v) is 6.42. The zero-order valence-electron chi connectivity index (χ0n) is 13.3. The third-order valence-corrected chi connectivity index (χ3v) is 4.43. The molecule has 2 aliphatic rings. The van der Waals surface area contributed by atoms with Gasteiger partial charge in [0.15, 0.2) is 0 Å². The van der Waals surface area contributed by atoms with Crippen molar-refractivity contribution >= 4 is 11.9 Å². The summed E-state index contributed by atoms with van der Waals surface area (Å²) in [6.07, 6.45) is 10.1. The molecule has 0 unspecified atom stereocenters. The van der Waals surface area contributed by atoms with Crippen LogP contribution < -0.4 is 10.6 Å². The molecular formula is C15H19N9. The molecule has 0 saturated heterocycles. The quantitative estimate of drug-likeness (QED) is 0.852. The standard InChI is InChI=1S/C15H19N9/c16-8-15(6-2-1-3-7-15)23-13-20-12(19-11-4-5-11)21-14(22-13)24-10-17-9-18-24/h9-11H,1-7H2,(H2,19,20,21,22,23). The van der Waals surface area contributed by atoms with E-state index in [2.05, 4.69) is 41.7 Å². The Labute approximate surface area is 139 Å². The molecule has 2 aromatic rings. The van der Waals surface area contributed by atoms with E-state index in [-0.39, 0.29) is 0 Å². The first-order valence-corrected chi connectivity index (χ1v) is 8.33. The average Bonchev–Trinajstić information content (AvgIpc) is 3.24. The molecule has 2 aliphatic carbocycles. The van der Waals surface area contributed by atoms with Gasteiger partial charge in [-0.05, 0) is 25.7 Å². The summed E-state index contributed by atoms with van der Waals surface area (Å²) in [6.45, 7) is 0. The molecule has 4 rings (SSSR count). The van der Waals surface area contributed by atoms with Crippen LogP contribution in [0.5, 0.6) is 0 Å². The van der Waals surface area contributed by atoms with Gasteiger partial charge in [-0.3, -0.25) is 0 Å². The number of rotatable bonds is 5. The summed E-state index contributed by atoms with van der Waals surface area (Å²) in [5, 5.41) is 20.3. The topological polar surface area (TPSA) is 117 Å². The molecule has 0 bridgehead atoms. The van der Waals surface area contributed by atoms with Gasteiger partial charge in [-0.2, -0.15) is 30.0 Å². The van der Waals surface area contributed by atoms with Gasteiger partial charge in [0.1, 0.15) is 18.2 Å². The largest absolute Gasteiger partial charge is 0.351 e. The van der Waals surface area contributed by atoms with Gasteiger partial charge in [-0.25, -0.2) is 4.98 Å². The molecule has 9 heteroatoms. The molecule has 2 fully saturated rings. The van der Waals surface area contributed by atoms with Gasteiger partial charge >= 0.3 is 0 Å². The van der Waals surface area contributed by atoms with Crippen LogP contribution in [0.15, 0.2) is 12.7 Å². The third kappa shape index (κ3) is 3.13. The van der Waals surface area contributed by atoms with Crippen molar-refractivity contribution < 1.29 is 0 Å². The van der Waals surface area contributed by atoms with E-state index in [9.17, 15) is 5.26 Å². The summed E-state index contributed by atoms with van der Waals surface area (Å²) in [5.41, 5.74) is -0.601. The molecule has 2 N–H and O–H groups in total. The van der Waals surface area contributed by atoms with Crippen molar-refractivity contribution in [3.8, 4) is 12.0 Å². The van der Waals surface area contributed by atoms with Crippen molar-refractivity contribution in [1.82, 2.24) is 29.7 Å². The molecule has 0 aromatic carbocycles. The van der Waals surface area contributed by atoms with E-state index >= 15 is 0 Å². The maximum absolute atomic E-state index is 9.65. The highest BCUT2D eigenvalue weighted by Crippen LogP contribution is 2.31. The van der Waals surface area contributed by atoms with Crippen LogP contribution in [0.3, 0.4) is 0 Å². The fourth-order valence-electron chi connectivity index (χ4n) is 2.94. The normalized spacial score (nSPS) is 19.5. The summed E-state index contributed by atoms with van der Waals surface area (Å²) in [6, 6.07) is 2.85. The Bertz CT molecular complexity index is 739. The number of nitrogens with one attached hydrogen (secondary N) is 2. The van der Waals surface area contributed by atoms with Gasteiger partial charge in [-0.1, -0.05) is 19.3 Å². The van der Waals surface area contributed by atoms with Crippen molar-refractivity contribution in [2.24, 2.45) is 0 Å². The average molecular weight is 325 g/mol. The highest BCUT2D eigenvalue weighted by Gasteiger charge is 2.33. The lowest BCUT2D eigenvalue weighted by Crippen LogP contribution is -2.39. The number of anilines is 2. The van der Waals surface area contributed by atoms with Crippen molar-refractivity contribution in [1.29, 1.82) is 5.26 Å². The van der Waals surface area contributed by atoms with E-state index < -0.39 is 5.54 Å². The predicted molar refractivity (Wildman–Crippen MR) is 86.4 cm³/mol. The monoisotopic (exact) mass is 325 g/mol. The molecule has 124 valence electrons. The number of nitrogens with zero attached hydrogens (tertiary/aromatic N) is 7. The highest BCUT2D eigenvalue weighted by atomic mass is 15.4. The van der Waals surface area contributed by atoms with Crippen molar-refractivity contribution in [3.05, 3.63) is 12.7 Å². The fraction of sp³-hybridized carbons (Fsp3) is 0.600. The van der Waals surface area contributed by atoms with Crippen molar-refractivity contribution in [2.75, 3.05) is 10.6 Å². The van der Waals surface area contributed by atoms with E-state index in [1.807, 2.05) is 0 Å². The summed E-state index contributed by atoms with van der Waals surface area (Å²) < 4.78 is 1.49. The predicted octanol–water partition coefficient (Wildman–Crippen LogP) is 1.66. The van der Waals surface area contributed by atoms with Crippen LogP contribution in [0, 0.1) is 11.3 Å². The van der Waals surface area contributed by atoms with Crippen LogP contribution in [0.25, 0.3) is 5.95 Å². The van der Waals surface area contributed by atoms with E-state index in [4.69, 9.17) is 0 Å². The first-order valence-electron chi connectivity index (χ1n) is 8.33. The summed E-state index contributed by atoms with van der Waals surface area (Å²) in [5.74, 6) is 1.29. The molecule has 24 heavy (non-hydrogen) atoms. The van der Waals surface area contributed by atoms with Crippen LogP contribution in [0.2, 0.25) is 0 Å². The molecular weight excluding hydrogens is 306 g/mol. The van der Waals surface area contributed by atoms with Gasteiger partial charge in [0.25, 0.3) is 5.95 Å². The Morgan fingerprint density at radius 2 is 1.92 bits per heavy atom. The van der Waals surface area contributed by atoms with E-state index in [1.54, 1.807) is 6.33 Å². The minimum absolute atomic E-state index is 0.386. The summed E-state index contributed by atoms with van der Waals surface area (Å²) in [7, 11) is 0. The Morgan fingerprint density at radius 1 is 1.12 bits per heavy atom. The van der Waals surface area contributed by atoms with E-state index in [0.717, 1.165) is 38.5 Å². The van der Waals surface area contributed by atoms with E-state index in [1.165, 1.54) is 17.4 Å². The number of hydrogen-bond acceptors (Lipinski definition) is 8.